The summed E-state index contributed by atoms with van der Waals surface area (Å²) in [5.41, 5.74) is 7.39. The second-order valence-corrected chi connectivity index (χ2v) is 6.27. The third-order valence-corrected chi connectivity index (χ3v) is 5.13. The number of nitrogens with two attached hydrogens (primary N) is 1. The van der Waals surface area contributed by atoms with E-state index in [1.54, 1.807) is 6.20 Å². The first-order chi connectivity index (χ1) is 10.1. The van der Waals surface area contributed by atoms with Crippen LogP contribution in [0.2, 0.25) is 0 Å². The fraction of sp³-hybridized carbons (Fsp3) is 0.500. The van der Waals surface area contributed by atoms with Gasteiger partial charge in [-0.15, -0.1) is 11.3 Å². The lowest BCUT2D eigenvalue weighted by atomic mass is 10.0. The Morgan fingerprint density at radius 1 is 1.38 bits per heavy atom. The first-order valence-electron chi connectivity index (χ1n) is 7.54. The number of aromatic nitrogens is 1. The summed E-state index contributed by atoms with van der Waals surface area (Å²) in [5.74, 6) is 0.576. The Morgan fingerprint density at radius 3 is 2.67 bits per heavy atom. The van der Waals surface area contributed by atoms with Gasteiger partial charge in [0, 0.05) is 19.3 Å². The molecule has 21 heavy (non-hydrogen) atoms. The number of nitrogens with zero attached hydrogens (tertiary/aromatic N) is 2. The lowest BCUT2D eigenvalue weighted by Crippen LogP contribution is -2.35. The zero-order valence-electron chi connectivity index (χ0n) is 12.9. The molecule has 5 heteroatoms. The van der Waals surface area contributed by atoms with Crippen LogP contribution >= 0.6 is 11.3 Å². The minimum absolute atomic E-state index is 0.0323. The number of hydrogen-bond donors (Lipinski definition) is 1. The van der Waals surface area contributed by atoms with Gasteiger partial charge in [0.25, 0.3) is 5.91 Å². The third kappa shape index (κ3) is 3.18. The summed E-state index contributed by atoms with van der Waals surface area (Å²) >= 11 is 1.44. The van der Waals surface area contributed by atoms with E-state index in [0.29, 0.717) is 23.0 Å². The highest BCUT2D eigenvalue weighted by atomic mass is 32.1. The molecular weight excluding hydrogens is 282 g/mol. The van der Waals surface area contributed by atoms with Gasteiger partial charge in [-0.2, -0.15) is 0 Å². The molecule has 2 heterocycles. The topological polar surface area (TPSA) is 59.2 Å². The van der Waals surface area contributed by atoms with Gasteiger partial charge < -0.3 is 10.6 Å². The van der Waals surface area contributed by atoms with E-state index in [1.165, 1.54) is 11.3 Å². The zero-order chi connectivity index (χ0) is 15.4. The van der Waals surface area contributed by atoms with Crippen LogP contribution in [-0.4, -0.2) is 28.9 Å². The maximum Gasteiger partial charge on any atom is 0.266 e. The molecule has 0 fully saturated rings. The number of rotatable bonds is 6. The molecule has 0 aromatic carbocycles. The van der Waals surface area contributed by atoms with Gasteiger partial charge in [-0.3, -0.25) is 9.78 Å². The van der Waals surface area contributed by atoms with Crippen LogP contribution in [0.3, 0.4) is 0 Å². The number of anilines is 1. The van der Waals surface area contributed by atoms with Crippen molar-refractivity contribution in [3.8, 4) is 0 Å². The summed E-state index contributed by atoms with van der Waals surface area (Å²) in [6.07, 6.45) is 3.88. The fourth-order valence-electron chi connectivity index (χ4n) is 2.46. The van der Waals surface area contributed by atoms with Crippen molar-refractivity contribution in [3.05, 3.63) is 23.2 Å². The summed E-state index contributed by atoms with van der Waals surface area (Å²) in [6.45, 7) is 7.86. The third-order valence-electron chi connectivity index (χ3n) is 3.98. The minimum Gasteiger partial charge on any atom is -0.396 e. The maximum atomic E-state index is 12.8. The van der Waals surface area contributed by atoms with Crippen LogP contribution in [0, 0.1) is 5.92 Å². The molecule has 0 saturated heterocycles. The van der Waals surface area contributed by atoms with Crippen LogP contribution < -0.4 is 5.73 Å². The van der Waals surface area contributed by atoms with E-state index in [0.717, 1.165) is 29.6 Å². The van der Waals surface area contributed by atoms with Gasteiger partial charge in [0.15, 0.2) is 0 Å². The number of hydrogen-bond acceptors (Lipinski definition) is 4. The predicted molar refractivity (Wildman–Crippen MR) is 89.7 cm³/mol. The van der Waals surface area contributed by atoms with E-state index in [-0.39, 0.29) is 5.91 Å². The van der Waals surface area contributed by atoms with E-state index in [9.17, 15) is 4.79 Å². The lowest BCUT2D eigenvalue weighted by Gasteiger charge is -2.25. The Bertz CT molecular complexity index is 619. The first-order valence-corrected chi connectivity index (χ1v) is 8.36. The van der Waals surface area contributed by atoms with Crippen molar-refractivity contribution in [2.45, 2.75) is 33.6 Å². The predicted octanol–water partition coefficient (Wildman–Crippen LogP) is 3.78. The van der Waals surface area contributed by atoms with Crippen molar-refractivity contribution < 1.29 is 4.79 Å². The Hall–Kier alpha value is -1.62. The van der Waals surface area contributed by atoms with Gasteiger partial charge in [0.1, 0.15) is 10.4 Å². The second kappa shape index (κ2) is 6.89. The van der Waals surface area contributed by atoms with Crippen LogP contribution in [0.5, 0.6) is 0 Å². The molecule has 2 N–H and O–H groups in total. The van der Waals surface area contributed by atoms with Crippen LogP contribution in [0.15, 0.2) is 18.3 Å². The van der Waals surface area contributed by atoms with Gasteiger partial charge in [-0.05, 0) is 25.0 Å². The molecular formula is C16H23N3OS. The van der Waals surface area contributed by atoms with Gasteiger partial charge in [0.05, 0.1) is 10.4 Å². The van der Waals surface area contributed by atoms with Crippen molar-refractivity contribution in [1.82, 2.24) is 9.88 Å². The SMILES string of the molecule is CCC(CC)CN(CC)C(=O)c1sc2cccnc2c1N. The quantitative estimate of drug-likeness (QED) is 0.883. The van der Waals surface area contributed by atoms with Crippen LogP contribution in [0.1, 0.15) is 43.3 Å². The summed E-state index contributed by atoms with van der Waals surface area (Å²) in [4.78, 5) is 19.6. The first kappa shape index (κ1) is 15.8. The minimum atomic E-state index is 0.0323. The molecule has 0 saturated carbocycles. The molecule has 0 aliphatic rings. The summed E-state index contributed by atoms with van der Waals surface area (Å²) in [6, 6.07) is 3.83. The van der Waals surface area contributed by atoms with E-state index in [4.69, 9.17) is 5.73 Å². The number of carbonyl (C=O) groups excluding carboxylic acids is 1. The van der Waals surface area contributed by atoms with Crippen molar-refractivity contribution in [1.29, 1.82) is 0 Å². The number of pyridine rings is 1. The van der Waals surface area contributed by atoms with E-state index in [2.05, 4.69) is 18.8 Å². The largest absolute Gasteiger partial charge is 0.396 e. The fourth-order valence-corrected chi connectivity index (χ4v) is 3.51. The summed E-state index contributed by atoms with van der Waals surface area (Å²) in [7, 11) is 0. The summed E-state index contributed by atoms with van der Waals surface area (Å²) < 4.78 is 0.969. The molecule has 2 aromatic heterocycles. The Balaban J connectivity index is 2.29. The highest BCUT2D eigenvalue weighted by molar-refractivity contribution is 7.21. The molecule has 4 nitrogen and oxygen atoms in total. The molecule has 0 bridgehead atoms. The van der Waals surface area contributed by atoms with Gasteiger partial charge in [-0.1, -0.05) is 26.7 Å². The number of nitrogen functional groups attached to an aromatic ring is 1. The molecule has 0 radical (unpaired) electrons. The van der Waals surface area contributed by atoms with Gasteiger partial charge in [0.2, 0.25) is 0 Å². The van der Waals surface area contributed by atoms with Crippen molar-refractivity contribution in [3.63, 3.8) is 0 Å². The van der Waals surface area contributed by atoms with E-state index >= 15 is 0 Å². The van der Waals surface area contributed by atoms with E-state index in [1.807, 2.05) is 24.0 Å². The van der Waals surface area contributed by atoms with E-state index < -0.39 is 0 Å². The average molecular weight is 305 g/mol. The Morgan fingerprint density at radius 2 is 2.10 bits per heavy atom. The highest BCUT2D eigenvalue weighted by Gasteiger charge is 2.23. The molecule has 0 atom stereocenters. The molecule has 2 aromatic rings. The van der Waals surface area contributed by atoms with Crippen LogP contribution in [0.25, 0.3) is 10.2 Å². The standard InChI is InChI=1S/C16H23N3OS/c1-4-11(5-2)10-19(6-3)16(20)15-13(17)14-12(21-15)8-7-9-18-14/h7-9,11H,4-6,10,17H2,1-3H3. The lowest BCUT2D eigenvalue weighted by molar-refractivity contribution is 0.0741. The molecule has 1 amide bonds. The van der Waals surface area contributed by atoms with Crippen molar-refractivity contribution in [2.75, 3.05) is 18.8 Å². The summed E-state index contributed by atoms with van der Waals surface area (Å²) in [5, 5.41) is 0. The molecule has 2 rings (SSSR count). The second-order valence-electron chi connectivity index (χ2n) is 5.22. The monoisotopic (exact) mass is 305 g/mol. The molecule has 0 aliphatic carbocycles. The molecule has 0 unspecified atom stereocenters. The number of thiophene rings is 1. The average Bonchev–Trinajstić information content (AvgIpc) is 2.86. The highest BCUT2D eigenvalue weighted by Crippen LogP contribution is 2.33. The molecule has 0 aliphatic heterocycles. The Kier molecular flexibility index (Phi) is 5.17. The molecule has 0 spiro atoms. The van der Waals surface area contributed by atoms with Gasteiger partial charge >= 0.3 is 0 Å². The normalized spacial score (nSPS) is 11.2. The Labute approximate surface area is 130 Å². The number of carbonyl (C=O) groups is 1. The van der Waals surface area contributed by atoms with Crippen LogP contribution in [0.4, 0.5) is 5.69 Å². The van der Waals surface area contributed by atoms with Crippen molar-refractivity contribution in [2.24, 2.45) is 5.92 Å². The molecule has 114 valence electrons. The van der Waals surface area contributed by atoms with Gasteiger partial charge in [-0.25, -0.2) is 0 Å². The number of amides is 1. The van der Waals surface area contributed by atoms with Crippen LogP contribution in [-0.2, 0) is 0 Å². The van der Waals surface area contributed by atoms with Crippen molar-refractivity contribution >= 4 is 33.1 Å². The smallest absolute Gasteiger partial charge is 0.266 e. The number of fused-ring (bicyclic) bond motifs is 1. The maximum absolute atomic E-state index is 12.8. The zero-order valence-corrected chi connectivity index (χ0v) is 13.7.